The van der Waals surface area contributed by atoms with Crippen molar-refractivity contribution in [3.05, 3.63) is 29.3 Å². The molecule has 4 nitrogen and oxygen atoms in total. The molecule has 0 spiro atoms. The lowest BCUT2D eigenvalue weighted by Gasteiger charge is -2.00. The van der Waals surface area contributed by atoms with E-state index in [9.17, 15) is 4.79 Å². The van der Waals surface area contributed by atoms with Crippen molar-refractivity contribution in [3.63, 3.8) is 0 Å². The van der Waals surface area contributed by atoms with Gasteiger partial charge in [0.05, 0.1) is 19.3 Å². The van der Waals surface area contributed by atoms with Gasteiger partial charge >= 0.3 is 5.97 Å². The summed E-state index contributed by atoms with van der Waals surface area (Å²) in [5.41, 5.74) is 0.836. The summed E-state index contributed by atoms with van der Waals surface area (Å²) < 4.78 is 9.68. The zero-order chi connectivity index (χ0) is 12.7. The Morgan fingerprint density at radius 2 is 2.18 bits per heavy atom. The molecule has 1 aromatic rings. The van der Waals surface area contributed by atoms with Gasteiger partial charge in [-0.1, -0.05) is 5.92 Å². The van der Waals surface area contributed by atoms with E-state index < -0.39 is 5.97 Å². The zero-order valence-electron chi connectivity index (χ0n) is 9.61. The van der Waals surface area contributed by atoms with E-state index in [2.05, 4.69) is 16.6 Å². The van der Waals surface area contributed by atoms with Crippen LogP contribution in [0.1, 0.15) is 18.1 Å². The highest BCUT2D eigenvalue weighted by molar-refractivity contribution is 5.89. The van der Waals surface area contributed by atoms with Crippen LogP contribution in [0.4, 0.5) is 0 Å². The number of nitrogens with zero attached hydrogens (tertiary/aromatic N) is 1. The first-order chi connectivity index (χ1) is 8.21. The van der Waals surface area contributed by atoms with Crippen molar-refractivity contribution in [1.29, 1.82) is 5.26 Å². The summed E-state index contributed by atoms with van der Waals surface area (Å²) in [5, 5.41) is 8.88. The minimum atomic E-state index is -0.612. The van der Waals surface area contributed by atoms with Crippen LogP contribution >= 0.6 is 0 Å². The quantitative estimate of drug-likeness (QED) is 0.569. The van der Waals surface area contributed by atoms with Crippen molar-refractivity contribution in [2.75, 3.05) is 13.7 Å². The van der Waals surface area contributed by atoms with Crippen molar-refractivity contribution in [2.45, 2.75) is 6.92 Å². The van der Waals surface area contributed by atoms with Gasteiger partial charge in [-0.3, -0.25) is 0 Å². The summed E-state index contributed by atoms with van der Waals surface area (Å²) in [6, 6.07) is 6.85. The number of methoxy groups -OCH3 is 1. The number of carbonyl (C=O) groups is 1. The standard InChI is InChI=1S/C13H11NO3/c1-3-17-13(15)7-5-10-8-12(16-2)6-4-11(10)9-14/h4,6,8H,3H2,1-2H3. The second-order valence-electron chi connectivity index (χ2n) is 2.99. The van der Waals surface area contributed by atoms with Gasteiger partial charge in [-0.2, -0.15) is 5.26 Å². The normalized spacial score (nSPS) is 8.53. The van der Waals surface area contributed by atoms with Gasteiger partial charge in [0.2, 0.25) is 0 Å². The SMILES string of the molecule is CCOC(=O)C#Cc1cc(OC)ccc1C#N. The van der Waals surface area contributed by atoms with Crippen LogP contribution in [-0.2, 0) is 9.53 Å². The molecule has 0 aliphatic carbocycles. The largest absolute Gasteiger partial charge is 0.497 e. The summed E-state index contributed by atoms with van der Waals surface area (Å²) >= 11 is 0. The third-order valence-electron chi connectivity index (χ3n) is 1.92. The van der Waals surface area contributed by atoms with E-state index in [1.54, 1.807) is 25.1 Å². The van der Waals surface area contributed by atoms with E-state index in [1.807, 2.05) is 6.07 Å². The zero-order valence-corrected chi connectivity index (χ0v) is 9.61. The van der Waals surface area contributed by atoms with Gasteiger partial charge in [0.1, 0.15) is 11.8 Å². The van der Waals surface area contributed by atoms with Crippen LogP contribution in [0.25, 0.3) is 0 Å². The summed E-state index contributed by atoms with van der Waals surface area (Å²) in [7, 11) is 1.52. The second kappa shape index (κ2) is 6.19. The fraction of sp³-hybridized carbons (Fsp3) is 0.231. The monoisotopic (exact) mass is 229 g/mol. The van der Waals surface area contributed by atoms with Gasteiger partial charge in [0, 0.05) is 11.5 Å². The van der Waals surface area contributed by atoms with Crippen molar-refractivity contribution >= 4 is 5.97 Å². The molecule has 0 N–H and O–H groups in total. The molecular formula is C13H11NO3. The molecule has 0 aliphatic rings. The molecule has 0 heterocycles. The molecule has 0 unspecified atom stereocenters. The van der Waals surface area contributed by atoms with Crippen LogP contribution in [0.5, 0.6) is 5.75 Å². The Bertz CT molecular complexity index is 518. The highest BCUT2D eigenvalue weighted by Crippen LogP contribution is 2.16. The summed E-state index contributed by atoms with van der Waals surface area (Å²) in [4.78, 5) is 11.1. The third kappa shape index (κ3) is 3.55. The number of benzene rings is 1. The average molecular weight is 229 g/mol. The predicted octanol–water partition coefficient (Wildman–Crippen LogP) is 1.48. The predicted molar refractivity (Wildman–Crippen MR) is 61.2 cm³/mol. The maximum absolute atomic E-state index is 11.1. The van der Waals surface area contributed by atoms with E-state index >= 15 is 0 Å². The maximum Gasteiger partial charge on any atom is 0.384 e. The Morgan fingerprint density at radius 3 is 2.76 bits per heavy atom. The molecule has 0 aliphatic heterocycles. The number of nitriles is 1. The molecule has 0 bridgehead atoms. The van der Waals surface area contributed by atoms with Crippen molar-refractivity contribution in [1.82, 2.24) is 0 Å². The Kier molecular flexibility index (Phi) is 4.59. The molecule has 0 atom stereocenters. The van der Waals surface area contributed by atoms with E-state index in [0.29, 0.717) is 16.9 Å². The molecule has 1 aromatic carbocycles. The van der Waals surface area contributed by atoms with Crippen LogP contribution in [0.3, 0.4) is 0 Å². The number of hydrogen-bond donors (Lipinski definition) is 0. The van der Waals surface area contributed by atoms with Crippen LogP contribution in [0.2, 0.25) is 0 Å². The molecular weight excluding hydrogens is 218 g/mol. The maximum atomic E-state index is 11.1. The van der Waals surface area contributed by atoms with E-state index in [1.165, 1.54) is 7.11 Å². The van der Waals surface area contributed by atoms with E-state index in [-0.39, 0.29) is 6.61 Å². The fourth-order valence-corrected chi connectivity index (χ4v) is 1.14. The van der Waals surface area contributed by atoms with Crippen molar-refractivity contribution < 1.29 is 14.3 Å². The van der Waals surface area contributed by atoms with Crippen molar-refractivity contribution in [3.8, 4) is 23.7 Å². The molecule has 4 heteroatoms. The Balaban J connectivity index is 3.04. The fourth-order valence-electron chi connectivity index (χ4n) is 1.14. The molecule has 1 rings (SSSR count). The number of hydrogen-bond acceptors (Lipinski definition) is 4. The molecule has 17 heavy (non-hydrogen) atoms. The van der Waals surface area contributed by atoms with Gasteiger partial charge in [0.15, 0.2) is 0 Å². The van der Waals surface area contributed by atoms with Crippen LogP contribution in [0, 0.1) is 23.2 Å². The first-order valence-electron chi connectivity index (χ1n) is 4.98. The lowest BCUT2D eigenvalue weighted by atomic mass is 10.1. The molecule has 0 fully saturated rings. The van der Waals surface area contributed by atoms with Gasteiger partial charge in [-0.15, -0.1) is 0 Å². The van der Waals surface area contributed by atoms with Gasteiger partial charge in [0.25, 0.3) is 0 Å². The smallest absolute Gasteiger partial charge is 0.384 e. The molecule has 0 amide bonds. The number of rotatable bonds is 2. The third-order valence-corrected chi connectivity index (χ3v) is 1.92. The highest BCUT2D eigenvalue weighted by Gasteiger charge is 2.02. The molecule has 0 aromatic heterocycles. The van der Waals surface area contributed by atoms with Gasteiger partial charge in [-0.25, -0.2) is 4.79 Å². The topological polar surface area (TPSA) is 59.3 Å². The lowest BCUT2D eigenvalue weighted by Crippen LogP contribution is -1.99. The van der Waals surface area contributed by atoms with Crippen LogP contribution in [-0.4, -0.2) is 19.7 Å². The lowest BCUT2D eigenvalue weighted by molar-refractivity contribution is -0.136. The van der Waals surface area contributed by atoms with Crippen LogP contribution in [0.15, 0.2) is 18.2 Å². The van der Waals surface area contributed by atoms with Gasteiger partial charge in [-0.05, 0) is 25.1 Å². The summed E-state index contributed by atoms with van der Waals surface area (Å²) in [5.74, 6) is 4.87. The van der Waals surface area contributed by atoms with E-state index in [0.717, 1.165) is 0 Å². The van der Waals surface area contributed by atoms with Gasteiger partial charge < -0.3 is 9.47 Å². The molecule has 0 radical (unpaired) electrons. The Labute approximate surface area is 99.8 Å². The van der Waals surface area contributed by atoms with E-state index in [4.69, 9.17) is 10.00 Å². The minimum Gasteiger partial charge on any atom is -0.497 e. The molecule has 0 saturated heterocycles. The Morgan fingerprint density at radius 1 is 1.41 bits per heavy atom. The second-order valence-corrected chi connectivity index (χ2v) is 2.99. The first-order valence-corrected chi connectivity index (χ1v) is 4.98. The molecule has 86 valence electrons. The molecule has 0 saturated carbocycles. The van der Waals surface area contributed by atoms with Crippen LogP contribution < -0.4 is 4.74 Å². The minimum absolute atomic E-state index is 0.275. The summed E-state index contributed by atoms with van der Waals surface area (Å²) in [6.07, 6.45) is 0. The Hall–Kier alpha value is -2.46. The highest BCUT2D eigenvalue weighted by atomic mass is 16.5. The average Bonchev–Trinajstić information content (AvgIpc) is 2.36. The number of esters is 1. The number of ether oxygens (including phenoxy) is 2. The van der Waals surface area contributed by atoms with Crippen molar-refractivity contribution in [2.24, 2.45) is 0 Å². The first kappa shape index (κ1) is 12.6. The number of carbonyl (C=O) groups excluding carboxylic acids is 1. The summed E-state index contributed by atoms with van der Waals surface area (Å²) in [6.45, 7) is 1.97.